The van der Waals surface area contributed by atoms with Gasteiger partial charge in [0.2, 0.25) is 0 Å². The van der Waals surface area contributed by atoms with E-state index in [1.54, 1.807) is 42.5 Å². The Bertz CT molecular complexity index is 1020. The number of primary amides is 1. The third kappa shape index (κ3) is 2.88. The third-order valence-electron chi connectivity index (χ3n) is 3.57. The number of aromatic nitrogens is 1. The maximum Gasteiger partial charge on any atom is 0.271 e. The van der Waals surface area contributed by atoms with Crippen molar-refractivity contribution >= 4 is 16.7 Å². The first-order valence-electron chi connectivity index (χ1n) is 7.22. The fourth-order valence-corrected chi connectivity index (χ4v) is 2.45. The van der Waals surface area contributed by atoms with Crippen LogP contribution in [0.15, 0.2) is 42.5 Å². The number of hydrogen-bond acceptors (Lipinski definition) is 6. The zero-order valence-corrected chi connectivity index (χ0v) is 13.2. The van der Waals surface area contributed by atoms with Gasteiger partial charge in [-0.25, -0.2) is 4.98 Å². The third-order valence-corrected chi connectivity index (χ3v) is 3.57. The molecular formula is C18H13N3O4. The van der Waals surface area contributed by atoms with E-state index in [-0.39, 0.29) is 22.2 Å². The molecule has 0 radical (unpaired) electrons. The molecule has 7 nitrogen and oxygen atoms in total. The first kappa shape index (κ1) is 16.1. The van der Waals surface area contributed by atoms with E-state index in [9.17, 15) is 15.2 Å². The Balaban J connectivity index is 2.21. The summed E-state index contributed by atoms with van der Waals surface area (Å²) >= 11 is 0. The van der Waals surface area contributed by atoms with Crippen LogP contribution in [0.5, 0.6) is 23.0 Å². The monoisotopic (exact) mass is 335 g/mol. The summed E-state index contributed by atoms with van der Waals surface area (Å²) in [5.74, 6) is 0.0816. The number of methoxy groups -OCH3 is 1. The molecule has 1 amide bonds. The Hall–Kier alpha value is -3.79. The highest BCUT2D eigenvalue weighted by Gasteiger charge is 2.20. The molecule has 0 bridgehead atoms. The normalized spacial score (nSPS) is 10.2. The Labute approximate surface area is 142 Å². The molecule has 0 aliphatic heterocycles. The molecule has 3 N–H and O–H groups in total. The van der Waals surface area contributed by atoms with Crippen LogP contribution in [0.25, 0.3) is 10.8 Å². The highest BCUT2D eigenvalue weighted by molar-refractivity contribution is 6.04. The summed E-state index contributed by atoms with van der Waals surface area (Å²) in [5, 5.41) is 20.2. The van der Waals surface area contributed by atoms with Crippen molar-refractivity contribution < 1.29 is 19.4 Å². The van der Waals surface area contributed by atoms with Crippen LogP contribution in [0.2, 0.25) is 0 Å². The van der Waals surface area contributed by atoms with E-state index in [0.717, 1.165) is 0 Å². The van der Waals surface area contributed by atoms with E-state index in [1.807, 2.05) is 6.07 Å². The quantitative estimate of drug-likeness (QED) is 0.756. The van der Waals surface area contributed by atoms with Crippen molar-refractivity contribution in [3.05, 3.63) is 53.9 Å². The van der Waals surface area contributed by atoms with Gasteiger partial charge in [0.15, 0.2) is 17.1 Å². The minimum atomic E-state index is -0.921. The van der Waals surface area contributed by atoms with Crippen LogP contribution in [0.3, 0.4) is 0 Å². The topological polar surface area (TPSA) is 118 Å². The summed E-state index contributed by atoms with van der Waals surface area (Å²) < 4.78 is 11.0. The molecule has 0 fully saturated rings. The van der Waals surface area contributed by atoms with Gasteiger partial charge in [0, 0.05) is 11.5 Å². The summed E-state index contributed by atoms with van der Waals surface area (Å²) in [6.45, 7) is 0. The van der Waals surface area contributed by atoms with Crippen LogP contribution in [0.1, 0.15) is 16.2 Å². The highest BCUT2D eigenvalue weighted by Crippen LogP contribution is 2.37. The van der Waals surface area contributed by atoms with Gasteiger partial charge in [-0.05, 0) is 18.2 Å². The zero-order valence-electron chi connectivity index (χ0n) is 13.2. The maximum absolute atomic E-state index is 11.4. The fourth-order valence-electron chi connectivity index (χ4n) is 2.45. The number of amides is 1. The fraction of sp³-hybridized carbons (Fsp3) is 0.0556. The predicted octanol–water partition coefficient (Wildman–Crippen LogP) is 2.71. The number of carbonyl (C=O) groups is 1. The molecule has 124 valence electrons. The van der Waals surface area contributed by atoms with Gasteiger partial charge < -0.3 is 20.3 Å². The van der Waals surface area contributed by atoms with Crippen molar-refractivity contribution in [3.8, 4) is 29.1 Å². The lowest BCUT2D eigenvalue weighted by Crippen LogP contribution is -2.14. The molecule has 0 atom stereocenters. The van der Waals surface area contributed by atoms with Crippen LogP contribution >= 0.6 is 0 Å². The Morgan fingerprint density at radius 1 is 1.24 bits per heavy atom. The summed E-state index contributed by atoms with van der Waals surface area (Å²) in [7, 11) is 1.54. The van der Waals surface area contributed by atoms with E-state index in [4.69, 9.17) is 15.2 Å². The molecule has 1 aromatic heterocycles. The molecule has 0 unspecified atom stereocenters. The number of nitrogens with two attached hydrogens (primary N) is 1. The van der Waals surface area contributed by atoms with Crippen molar-refractivity contribution in [2.75, 3.05) is 7.11 Å². The van der Waals surface area contributed by atoms with E-state index in [2.05, 4.69) is 4.98 Å². The number of hydrogen-bond donors (Lipinski definition) is 2. The molecule has 0 aliphatic rings. The van der Waals surface area contributed by atoms with Crippen molar-refractivity contribution in [1.29, 1.82) is 5.26 Å². The lowest BCUT2D eigenvalue weighted by Gasteiger charge is -2.12. The number of fused-ring (bicyclic) bond motifs is 1. The van der Waals surface area contributed by atoms with Crippen molar-refractivity contribution in [2.24, 2.45) is 5.73 Å². The van der Waals surface area contributed by atoms with Crippen LogP contribution < -0.4 is 15.2 Å². The minimum Gasteiger partial charge on any atom is -0.505 e. The Morgan fingerprint density at radius 2 is 1.96 bits per heavy atom. The van der Waals surface area contributed by atoms with Gasteiger partial charge in [-0.3, -0.25) is 4.79 Å². The van der Waals surface area contributed by atoms with Crippen LogP contribution in [-0.4, -0.2) is 23.1 Å². The molecule has 0 saturated heterocycles. The minimum absolute atomic E-state index is 0.0694. The number of ether oxygens (including phenoxy) is 2. The van der Waals surface area contributed by atoms with Crippen molar-refractivity contribution in [1.82, 2.24) is 4.98 Å². The highest BCUT2D eigenvalue weighted by atomic mass is 16.5. The molecule has 7 heteroatoms. The number of carbonyl (C=O) groups excluding carboxylic acids is 1. The number of pyridine rings is 1. The maximum atomic E-state index is 11.4. The van der Waals surface area contributed by atoms with Gasteiger partial charge in [0.1, 0.15) is 23.3 Å². The van der Waals surface area contributed by atoms with Crippen LogP contribution in [0, 0.1) is 11.3 Å². The lowest BCUT2D eigenvalue weighted by molar-refractivity contribution is 0.0993. The largest absolute Gasteiger partial charge is 0.505 e. The Morgan fingerprint density at radius 3 is 2.64 bits per heavy atom. The van der Waals surface area contributed by atoms with Crippen molar-refractivity contribution in [3.63, 3.8) is 0 Å². The lowest BCUT2D eigenvalue weighted by atomic mass is 10.1. The van der Waals surface area contributed by atoms with Gasteiger partial charge in [-0.15, -0.1) is 0 Å². The molecular weight excluding hydrogens is 322 g/mol. The second kappa shape index (κ2) is 6.37. The average Bonchev–Trinajstić information content (AvgIpc) is 2.62. The van der Waals surface area contributed by atoms with Crippen molar-refractivity contribution in [2.45, 2.75) is 0 Å². The zero-order chi connectivity index (χ0) is 18.0. The number of nitriles is 1. The Kier molecular flexibility index (Phi) is 4.10. The van der Waals surface area contributed by atoms with Gasteiger partial charge in [0.25, 0.3) is 5.91 Å². The van der Waals surface area contributed by atoms with Gasteiger partial charge in [0.05, 0.1) is 12.5 Å². The second-order valence-electron chi connectivity index (χ2n) is 5.09. The van der Waals surface area contributed by atoms with E-state index in [1.165, 1.54) is 7.11 Å². The number of nitrogens with zero attached hydrogens (tertiary/aromatic N) is 2. The van der Waals surface area contributed by atoms with Crippen LogP contribution in [-0.2, 0) is 0 Å². The van der Waals surface area contributed by atoms with Gasteiger partial charge in [-0.2, -0.15) is 5.26 Å². The smallest absolute Gasteiger partial charge is 0.271 e. The summed E-state index contributed by atoms with van der Waals surface area (Å²) in [4.78, 5) is 15.3. The summed E-state index contributed by atoms with van der Waals surface area (Å²) in [5.41, 5.74) is 4.78. The first-order chi connectivity index (χ1) is 12.0. The average molecular weight is 335 g/mol. The predicted molar refractivity (Wildman–Crippen MR) is 89.7 cm³/mol. The number of benzene rings is 2. The molecule has 3 aromatic rings. The number of rotatable bonds is 4. The molecule has 0 saturated carbocycles. The molecule has 0 aliphatic carbocycles. The first-order valence-corrected chi connectivity index (χ1v) is 7.22. The van der Waals surface area contributed by atoms with E-state index in [0.29, 0.717) is 17.2 Å². The summed E-state index contributed by atoms with van der Waals surface area (Å²) in [6.07, 6.45) is 0. The molecule has 2 aromatic carbocycles. The number of aromatic hydroxyl groups is 1. The van der Waals surface area contributed by atoms with Gasteiger partial charge >= 0.3 is 0 Å². The molecule has 25 heavy (non-hydrogen) atoms. The van der Waals surface area contributed by atoms with E-state index >= 15 is 0 Å². The summed E-state index contributed by atoms with van der Waals surface area (Å²) in [6, 6.07) is 13.6. The second-order valence-corrected chi connectivity index (χ2v) is 5.09. The molecule has 1 heterocycles. The molecule has 0 spiro atoms. The standard InChI is InChI=1S/C18H13N3O4/c1-24-10-4-2-5-11(8-10)25-14-7-3-6-12-15(14)13(9-19)21-16(17(12)22)18(20)23/h2-8,22H,1H3,(H2,20,23). The molecule has 3 rings (SSSR count). The van der Waals surface area contributed by atoms with Gasteiger partial charge in [-0.1, -0.05) is 18.2 Å². The SMILES string of the molecule is COc1cccc(Oc2cccc3c(O)c(C(N)=O)nc(C#N)c23)c1. The van der Waals surface area contributed by atoms with Crippen LogP contribution in [0.4, 0.5) is 0 Å². The van der Waals surface area contributed by atoms with E-state index < -0.39 is 11.7 Å².